The molecular weight excluding hydrogens is 268 g/mol. The lowest BCUT2D eigenvalue weighted by atomic mass is 10.1. The van der Waals surface area contributed by atoms with Crippen molar-refractivity contribution in [2.45, 2.75) is 31.7 Å². The lowest BCUT2D eigenvalue weighted by Crippen LogP contribution is -2.39. The Hall–Kier alpha value is -1.75. The van der Waals surface area contributed by atoms with E-state index in [0.29, 0.717) is 19.4 Å². The summed E-state index contributed by atoms with van der Waals surface area (Å²) in [4.78, 5) is 14.2. The number of hydrogen-bond donors (Lipinski definition) is 1. The second-order valence-electron chi connectivity index (χ2n) is 5.34. The van der Waals surface area contributed by atoms with Gasteiger partial charge in [-0.05, 0) is 37.0 Å². The highest BCUT2D eigenvalue weighted by Gasteiger charge is 2.26. The number of amides is 1. The van der Waals surface area contributed by atoms with Crippen molar-refractivity contribution in [1.82, 2.24) is 4.90 Å². The fourth-order valence-corrected chi connectivity index (χ4v) is 2.81. The molecule has 1 aromatic carbocycles. The van der Waals surface area contributed by atoms with Crippen LogP contribution in [0.4, 0.5) is 0 Å². The maximum Gasteiger partial charge on any atom is 0.223 e. The Morgan fingerprint density at radius 1 is 1.29 bits per heavy atom. The van der Waals surface area contributed by atoms with Crippen LogP contribution in [0.15, 0.2) is 18.2 Å². The van der Waals surface area contributed by atoms with Gasteiger partial charge in [-0.15, -0.1) is 0 Å². The number of rotatable bonds is 6. The van der Waals surface area contributed by atoms with Crippen molar-refractivity contribution in [3.8, 4) is 11.5 Å². The summed E-state index contributed by atoms with van der Waals surface area (Å²) in [7, 11) is 3.25. The Morgan fingerprint density at radius 2 is 1.95 bits per heavy atom. The third kappa shape index (κ3) is 3.88. The first-order chi connectivity index (χ1) is 10.2. The Balaban J connectivity index is 1.97. The molecule has 1 heterocycles. The van der Waals surface area contributed by atoms with E-state index in [0.717, 1.165) is 36.4 Å². The molecule has 1 fully saturated rings. The smallest absolute Gasteiger partial charge is 0.223 e. The number of aryl methyl sites for hydroxylation is 1. The average molecular weight is 292 g/mol. The minimum absolute atomic E-state index is 0.185. The number of benzene rings is 1. The van der Waals surface area contributed by atoms with E-state index >= 15 is 0 Å². The van der Waals surface area contributed by atoms with Gasteiger partial charge in [0.25, 0.3) is 0 Å². The predicted octanol–water partition coefficient (Wildman–Crippen LogP) is 1.59. The average Bonchev–Trinajstić information content (AvgIpc) is 3.00. The molecule has 5 heteroatoms. The van der Waals surface area contributed by atoms with Gasteiger partial charge >= 0.3 is 0 Å². The zero-order valence-electron chi connectivity index (χ0n) is 12.8. The lowest BCUT2D eigenvalue weighted by molar-refractivity contribution is -0.131. The first kappa shape index (κ1) is 15.6. The summed E-state index contributed by atoms with van der Waals surface area (Å²) in [5.74, 6) is 1.68. The van der Waals surface area contributed by atoms with E-state index in [-0.39, 0.29) is 11.9 Å². The molecule has 1 unspecified atom stereocenters. The van der Waals surface area contributed by atoms with Crippen LogP contribution in [-0.4, -0.2) is 44.2 Å². The summed E-state index contributed by atoms with van der Waals surface area (Å²) >= 11 is 0. The van der Waals surface area contributed by atoms with Crippen LogP contribution in [0.25, 0.3) is 0 Å². The molecule has 1 aliphatic rings. The highest BCUT2D eigenvalue weighted by molar-refractivity contribution is 5.77. The second kappa shape index (κ2) is 7.31. The van der Waals surface area contributed by atoms with Crippen LogP contribution in [0, 0.1) is 0 Å². The van der Waals surface area contributed by atoms with Gasteiger partial charge in [-0.1, -0.05) is 0 Å². The Morgan fingerprint density at radius 3 is 2.52 bits per heavy atom. The van der Waals surface area contributed by atoms with Gasteiger partial charge in [0.2, 0.25) is 5.91 Å². The fraction of sp³-hybridized carbons (Fsp3) is 0.562. The van der Waals surface area contributed by atoms with Crippen LogP contribution in [0.2, 0.25) is 0 Å². The van der Waals surface area contributed by atoms with Crippen molar-refractivity contribution in [1.29, 1.82) is 0 Å². The summed E-state index contributed by atoms with van der Waals surface area (Å²) in [6, 6.07) is 5.94. The van der Waals surface area contributed by atoms with Gasteiger partial charge in [0.05, 0.1) is 14.2 Å². The van der Waals surface area contributed by atoms with Gasteiger partial charge in [0, 0.05) is 31.6 Å². The molecule has 0 bridgehead atoms. The van der Waals surface area contributed by atoms with E-state index in [9.17, 15) is 4.79 Å². The third-order valence-corrected chi connectivity index (χ3v) is 4.01. The molecule has 1 amide bonds. The van der Waals surface area contributed by atoms with E-state index in [1.807, 2.05) is 23.1 Å². The monoisotopic (exact) mass is 292 g/mol. The summed E-state index contributed by atoms with van der Waals surface area (Å²) in [6.07, 6.45) is 3.25. The molecule has 2 rings (SSSR count). The number of nitrogens with zero attached hydrogens (tertiary/aromatic N) is 1. The number of hydrogen-bond acceptors (Lipinski definition) is 4. The first-order valence-corrected chi connectivity index (χ1v) is 7.39. The summed E-state index contributed by atoms with van der Waals surface area (Å²) < 4.78 is 10.5. The van der Waals surface area contributed by atoms with Crippen LogP contribution in [0.3, 0.4) is 0 Å². The zero-order valence-corrected chi connectivity index (χ0v) is 12.8. The summed E-state index contributed by atoms with van der Waals surface area (Å²) in [6.45, 7) is 1.39. The van der Waals surface area contributed by atoms with Crippen molar-refractivity contribution in [3.05, 3.63) is 23.8 Å². The quantitative estimate of drug-likeness (QED) is 0.864. The van der Waals surface area contributed by atoms with Crippen molar-refractivity contribution in [2.24, 2.45) is 5.73 Å². The Labute approximate surface area is 126 Å². The molecule has 5 nitrogen and oxygen atoms in total. The minimum Gasteiger partial charge on any atom is -0.497 e. The molecule has 0 radical (unpaired) electrons. The van der Waals surface area contributed by atoms with Gasteiger partial charge in [-0.3, -0.25) is 4.79 Å². The Bertz CT molecular complexity index is 468. The summed E-state index contributed by atoms with van der Waals surface area (Å²) in [5, 5.41) is 0. The molecule has 2 N–H and O–H groups in total. The molecule has 1 saturated heterocycles. The van der Waals surface area contributed by atoms with E-state index in [4.69, 9.17) is 15.2 Å². The Kier molecular flexibility index (Phi) is 5.44. The minimum atomic E-state index is 0.185. The first-order valence-electron chi connectivity index (χ1n) is 7.39. The highest BCUT2D eigenvalue weighted by atomic mass is 16.5. The molecule has 1 aromatic rings. The van der Waals surface area contributed by atoms with Gasteiger partial charge < -0.3 is 20.1 Å². The van der Waals surface area contributed by atoms with Crippen LogP contribution < -0.4 is 15.2 Å². The predicted molar refractivity (Wildman–Crippen MR) is 81.7 cm³/mol. The van der Waals surface area contributed by atoms with E-state index < -0.39 is 0 Å². The third-order valence-electron chi connectivity index (χ3n) is 4.01. The number of carbonyl (C=O) groups is 1. The molecular formula is C16H24N2O3. The lowest BCUT2D eigenvalue weighted by Gasteiger charge is -2.23. The van der Waals surface area contributed by atoms with Crippen molar-refractivity contribution >= 4 is 5.91 Å². The molecule has 0 spiro atoms. The number of carbonyl (C=O) groups excluding carboxylic acids is 1. The standard InChI is InChI=1S/C16H24N2O3/c1-20-14-8-12(9-15(10-14)21-2)5-6-16(19)18-7-3-4-13(18)11-17/h8-10,13H,3-7,11,17H2,1-2H3. The van der Waals surface area contributed by atoms with Crippen LogP contribution >= 0.6 is 0 Å². The molecule has 0 aliphatic carbocycles. The molecule has 0 aromatic heterocycles. The van der Waals surface area contributed by atoms with E-state index in [1.165, 1.54) is 0 Å². The SMILES string of the molecule is COc1cc(CCC(=O)N2CCCC2CN)cc(OC)c1. The zero-order chi connectivity index (χ0) is 15.2. The van der Waals surface area contributed by atoms with Crippen LogP contribution in [0.5, 0.6) is 11.5 Å². The largest absolute Gasteiger partial charge is 0.497 e. The van der Waals surface area contributed by atoms with Crippen molar-refractivity contribution < 1.29 is 14.3 Å². The summed E-state index contributed by atoms with van der Waals surface area (Å²) in [5.41, 5.74) is 6.76. The highest BCUT2D eigenvalue weighted by Crippen LogP contribution is 2.24. The van der Waals surface area contributed by atoms with E-state index in [2.05, 4.69) is 0 Å². The number of methoxy groups -OCH3 is 2. The van der Waals surface area contributed by atoms with Crippen molar-refractivity contribution in [3.63, 3.8) is 0 Å². The molecule has 1 atom stereocenters. The van der Waals surface area contributed by atoms with Gasteiger partial charge in [-0.25, -0.2) is 0 Å². The van der Waals surface area contributed by atoms with Crippen LogP contribution in [0.1, 0.15) is 24.8 Å². The number of ether oxygens (including phenoxy) is 2. The number of nitrogens with two attached hydrogens (primary N) is 1. The normalized spacial score (nSPS) is 17.9. The molecule has 0 saturated carbocycles. The fourth-order valence-electron chi connectivity index (χ4n) is 2.81. The topological polar surface area (TPSA) is 64.8 Å². The molecule has 21 heavy (non-hydrogen) atoms. The second-order valence-corrected chi connectivity index (χ2v) is 5.34. The van der Waals surface area contributed by atoms with Crippen molar-refractivity contribution in [2.75, 3.05) is 27.3 Å². The van der Waals surface area contributed by atoms with E-state index in [1.54, 1.807) is 14.2 Å². The molecule has 1 aliphatic heterocycles. The number of likely N-dealkylation sites (tertiary alicyclic amines) is 1. The van der Waals surface area contributed by atoms with Crippen LogP contribution in [-0.2, 0) is 11.2 Å². The van der Waals surface area contributed by atoms with Gasteiger partial charge in [-0.2, -0.15) is 0 Å². The van der Waals surface area contributed by atoms with Gasteiger partial charge in [0.1, 0.15) is 11.5 Å². The maximum absolute atomic E-state index is 12.3. The van der Waals surface area contributed by atoms with Gasteiger partial charge in [0.15, 0.2) is 0 Å². The molecule has 116 valence electrons. The maximum atomic E-state index is 12.3.